The number of aryl methyl sites for hydroxylation is 1. The van der Waals surface area contributed by atoms with E-state index in [-0.39, 0.29) is 29.5 Å². The number of nitrogens with one attached hydrogen (secondary N) is 2. The van der Waals surface area contributed by atoms with Crippen molar-refractivity contribution in [1.82, 2.24) is 5.32 Å². The zero-order chi connectivity index (χ0) is 25.8. The number of anilines is 2. The molecule has 3 aromatic carbocycles. The smallest absolute Gasteiger partial charge is 0.335 e. The van der Waals surface area contributed by atoms with Crippen molar-refractivity contribution in [2.24, 2.45) is 0 Å². The third kappa shape index (κ3) is 5.29. The number of barbiturate groups is 1. The number of hydrogen-bond acceptors (Lipinski definition) is 5. The molecule has 1 fully saturated rings. The molecule has 36 heavy (non-hydrogen) atoms. The van der Waals surface area contributed by atoms with Crippen LogP contribution in [0.2, 0.25) is 5.02 Å². The van der Waals surface area contributed by atoms with E-state index in [0.717, 1.165) is 10.5 Å². The number of imide groups is 2. The molecule has 1 aliphatic heterocycles. The lowest BCUT2D eigenvalue weighted by Gasteiger charge is -2.27. The number of carbonyl (C=O) groups is 4. The highest BCUT2D eigenvalue weighted by Gasteiger charge is 2.37. The molecule has 3 aromatic rings. The van der Waals surface area contributed by atoms with E-state index in [1.54, 1.807) is 55.5 Å². The van der Waals surface area contributed by atoms with E-state index >= 15 is 0 Å². The van der Waals surface area contributed by atoms with Crippen LogP contribution in [0.25, 0.3) is 6.08 Å². The molecule has 8 nitrogen and oxygen atoms in total. The van der Waals surface area contributed by atoms with Gasteiger partial charge in [0.2, 0.25) is 0 Å². The largest absolute Gasteiger partial charge is 0.483 e. The minimum absolute atomic E-state index is 0.265. The molecule has 1 heterocycles. The summed E-state index contributed by atoms with van der Waals surface area (Å²) in [5.74, 6) is -1.73. The topological polar surface area (TPSA) is 105 Å². The van der Waals surface area contributed by atoms with Crippen LogP contribution in [0.5, 0.6) is 5.75 Å². The lowest BCUT2D eigenvalue weighted by Crippen LogP contribution is -2.54. The summed E-state index contributed by atoms with van der Waals surface area (Å²) in [4.78, 5) is 51.6. The van der Waals surface area contributed by atoms with Crippen molar-refractivity contribution in [3.63, 3.8) is 0 Å². The summed E-state index contributed by atoms with van der Waals surface area (Å²) in [6.07, 6.45) is 1.32. The van der Waals surface area contributed by atoms with E-state index in [9.17, 15) is 19.2 Å². The maximum Gasteiger partial charge on any atom is 0.335 e. The van der Waals surface area contributed by atoms with Gasteiger partial charge in [-0.2, -0.15) is 0 Å². The van der Waals surface area contributed by atoms with E-state index in [1.807, 2.05) is 25.1 Å². The van der Waals surface area contributed by atoms with Crippen LogP contribution in [0, 0.1) is 13.8 Å². The lowest BCUT2D eigenvalue weighted by atomic mass is 10.0. The van der Waals surface area contributed by atoms with Crippen molar-refractivity contribution in [1.29, 1.82) is 0 Å². The van der Waals surface area contributed by atoms with Gasteiger partial charge < -0.3 is 10.1 Å². The molecule has 1 saturated heterocycles. The fourth-order valence-corrected chi connectivity index (χ4v) is 3.83. The Bertz CT molecular complexity index is 1420. The Balaban J connectivity index is 1.57. The van der Waals surface area contributed by atoms with Gasteiger partial charge in [0.25, 0.3) is 17.7 Å². The minimum Gasteiger partial charge on any atom is -0.483 e. The molecule has 0 atom stereocenters. The second-order valence-electron chi connectivity index (χ2n) is 8.09. The van der Waals surface area contributed by atoms with Crippen LogP contribution in [0.15, 0.2) is 72.3 Å². The van der Waals surface area contributed by atoms with Gasteiger partial charge in [-0.3, -0.25) is 19.7 Å². The Morgan fingerprint density at radius 2 is 1.78 bits per heavy atom. The SMILES string of the molecule is Cc1cccc(NC(=O)COc2ccccc2/C=C2\C(=O)NC(=O)N(c3cccc(Cl)c3C)C2=O)c1. The average molecular weight is 504 g/mol. The first-order valence-electron chi connectivity index (χ1n) is 11.0. The number of rotatable bonds is 6. The summed E-state index contributed by atoms with van der Waals surface area (Å²) in [5, 5.41) is 5.32. The highest BCUT2D eigenvalue weighted by molar-refractivity contribution is 6.40. The van der Waals surface area contributed by atoms with Crippen molar-refractivity contribution in [3.05, 3.63) is 94.0 Å². The molecule has 0 spiro atoms. The Kier molecular flexibility index (Phi) is 7.17. The maximum atomic E-state index is 13.3. The zero-order valence-corrected chi connectivity index (χ0v) is 20.3. The van der Waals surface area contributed by atoms with Gasteiger partial charge in [0.1, 0.15) is 11.3 Å². The number of amides is 5. The predicted molar refractivity (Wildman–Crippen MR) is 137 cm³/mol. The van der Waals surface area contributed by atoms with Gasteiger partial charge in [0.15, 0.2) is 6.61 Å². The third-order valence-electron chi connectivity index (χ3n) is 5.46. The van der Waals surface area contributed by atoms with Crippen molar-refractivity contribution in [3.8, 4) is 5.75 Å². The summed E-state index contributed by atoms with van der Waals surface area (Å²) < 4.78 is 5.68. The molecular formula is C27H22ClN3O5. The lowest BCUT2D eigenvalue weighted by molar-refractivity contribution is -0.122. The normalized spacial score (nSPS) is 14.6. The number of ether oxygens (including phenoxy) is 1. The zero-order valence-electron chi connectivity index (χ0n) is 19.5. The number of para-hydroxylation sites is 1. The van der Waals surface area contributed by atoms with Crippen LogP contribution in [0.3, 0.4) is 0 Å². The highest BCUT2D eigenvalue weighted by Crippen LogP contribution is 2.30. The highest BCUT2D eigenvalue weighted by atomic mass is 35.5. The first kappa shape index (κ1) is 24.7. The molecule has 0 aliphatic carbocycles. The maximum absolute atomic E-state index is 13.3. The van der Waals surface area contributed by atoms with Gasteiger partial charge in [-0.05, 0) is 61.4 Å². The molecule has 2 N–H and O–H groups in total. The minimum atomic E-state index is -0.870. The van der Waals surface area contributed by atoms with Crippen molar-refractivity contribution >= 4 is 52.8 Å². The Morgan fingerprint density at radius 3 is 2.56 bits per heavy atom. The Hall–Kier alpha value is -4.43. The van der Waals surface area contributed by atoms with E-state index in [4.69, 9.17) is 16.3 Å². The Morgan fingerprint density at radius 1 is 1.03 bits per heavy atom. The number of carbonyl (C=O) groups excluding carboxylic acids is 4. The molecule has 0 aromatic heterocycles. The predicted octanol–water partition coefficient (Wildman–Crippen LogP) is 4.64. The number of urea groups is 1. The first-order chi connectivity index (χ1) is 17.2. The van der Waals surface area contributed by atoms with Crippen LogP contribution < -0.4 is 20.3 Å². The molecule has 0 bridgehead atoms. The molecule has 0 saturated carbocycles. The van der Waals surface area contributed by atoms with Crippen LogP contribution >= 0.6 is 11.6 Å². The molecule has 0 unspecified atom stereocenters. The fraction of sp³-hybridized carbons (Fsp3) is 0.111. The van der Waals surface area contributed by atoms with Gasteiger partial charge in [0.05, 0.1) is 5.69 Å². The van der Waals surface area contributed by atoms with E-state index in [2.05, 4.69) is 10.6 Å². The van der Waals surface area contributed by atoms with Crippen LogP contribution in [-0.4, -0.2) is 30.4 Å². The molecule has 5 amide bonds. The van der Waals surface area contributed by atoms with E-state index in [0.29, 0.717) is 21.8 Å². The summed E-state index contributed by atoms with van der Waals surface area (Å²) in [6.45, 7) is 3.30. The average Bonchev–Trinajstić information content (AvgIpc) is 2.83. The third-order valence-corrected chi connectivity index (χ3v) is 5.87. The molecule has 1 aliphatic rings. The standard InChI is InChI=1S/C27H22ClN3O5/c1-16-7-5-9-19(13-16)29-24(32)15-36-23-12-4-3-8-18(23)14-20-25(33)30-27(35)31(26(20)34)22-11-6-10-21(28)17(22)2/h3-14H,15H2,1-2H3,(H,29,32)(H,30,33,35)/b20-14+. The van der Waals surface area contributed by atoms with E-state index in [1.165, 1.54) is 6.08 Å². The Labute approximate surface area is 212 Å². The summed E-state index contributed by atoms with van der Waals surface area (Å²) >= 11 is 6.16. The molecular weight excluding hydrogens is 482 g/mol. The van der Waals surface area contributed by atoms with Gasteiger partial charge in [0, 0.05) is 16.3 Å². The van der Waals surface area contributed by atoms with Crippen molar-refractivity contribution in [2.75, 3.05) is 16.8 Å². The van der Waals surface area contributed by atoms with Crippen LogP contribution in [0.4, 0.5) is 16.2 Å². The fourth-order valence-electron chi connectivity index (χ4n) is 3.66. The summed E-state index contributed by atoms with van der Waals surface area (Å²) in [6, 6.07) is 17.9. The molecule has 9 heteroatoms. The van der Waals surface area contributed by atoms with Gasteiger partial charge >= 0.3 is 6.03 Å². The van der Waals surface area contributed by atoms with Crippen molar-refractivity contribution < 1.29 is 23.9 Å². The number of benzene rings is 3. The van der Waals surface area contributed by atoms with Crippen molar-refractivity contribution in [2.45, 2.75) is 13.8 Å². The first-order valence-corrected chi connectivity index (χ1v) is 11.4. The molecule has 182 valence electrons. The second-order valence-corrected chi connectivity index (χ2v) is 8.49. The monoisotopic (exact) mass is 503 g/mol. The van der Waals surface area contributed by atoms with Crippen LogP contribution in [0.1, 0.15) is 16.7 Å². The number of nitrogens with zero attached hydrogens (tertiary/aromatic N) is 1. The molecule has 4 rings (SSSR count). The van der Waals surface area contributed by atoms with Crippen LogP contribution in [-0.2, 0) is 14.4 Å². The van der Waals surface area contributed by atoms with Gasteiger partial charge in [-0.15, -0.1) is 0 Å². The summed E-state index contributed by atoms with van der Waals surface area (Å²) in [5.41, 5.74) is 2.54. The quantitative estimate of drug-likeness (QED) is 0.376. The second kappa shape index (κ2) is 10.5. The summed E-state index contributed by atoms with van der Waals surface area (Å²) in [7, 11) is 0. The number of halogens is 1. The van der Waals surface area contributed by atoms with E-state index < -0.39 is 17.8 Å². The van der Waals surface area contributed by atoms with Gasteiger partial charge in [-0.25, -0.2) is 9.69 Å². The molecule has 0 radical (unpaired) electrons. The number of hydrogen-bond donors (Lipinski definition) is 2. The van der Waals surface area contributed by atoms with Gasteiger partial charge in [-0.1, -0.05) is 48.0 Å².